The minimum Gasteiger partial charge on any atom is -0.398 e. The molecular formula is C16H23ClN2O. The van der Waals surface area contributed by atoms with E-state index in [9.17, 15) is 4.79 Å². The summed E-state index contributed by atoms with van der Waals surface area (Å²) in [6, 6.07) is 5.15. The van der Waals surface area contributed by atoms with Crippen LogP contribution in [0.2, 0.25) is 5.02 Å². The smallest absolute Gasteiger partial charge is 0.252 e. The molecule has 0 bridgehead atoms. The minimum absolute atomic E-state index is 0.133. The molecule has 1 aromatic rings. The van der Waals surface area contributed by atoms with E-state index < -0.39 is 0 Å². The topological polar surface area (TPSA) is 55.1 Å². The number of anilines is 1. The van der Waals surface area contributed by atoms with Crippen LogP contribution in [0.4, 0.5) is 5.69 Å². The molecule has 0 saturated heterocycles. The summed E-state index contributed by atoms with van der Waals surface area (Å²) >= 11 is 6.05. The second-order valence-electron chi connectivity index (χ2n) is 5.88. The van der Waals surface area contributed by atoms with E-state index in [0.29, 0.717) is 22.8 Å². The molecule has 2 rings (SSSR count). The molecule has 0 aliphatic heterocycles. The standard InChI is InChI=1S/C16H23ClN2O/c1-11-5-7-12(8-6-11)9-10-19-16(20)13-3-2-4-14(18)15(13)17/h2-4,11-12H,5-10,18H2,1H3,(H,19,20). The van der Waals surface area contributed by atoms with Crippen molar-refractivity contribution in [3.8, 4) is 0 Å². The monoisotopic (exact) mass is 294 g/mol. The van der Waals surface area contributed by atoms with Crippen molar-refractivity contribution < 1.29 is 4.79 Å². The van der Waals surface area contributed by atoms with Crippen molar-refractivity contribution in [2.75, 3.05) is 12.3 Å². The molecule has 0 atom stereocenters. The van der Waals surface area contributed by atoms with E-state index in [4.69, 9.17) is 17.3 Å². The lowest BCUT2D eigenvalue weighted by atomic mass is 9.81. The SMILES string of the molecule is CC1CCC(CCNC(=O)c2cccc(N)c2Cl)CC1. The highest BCUT2D eigenvalue weighted by molar-refractivity contribution is 6.36. The number of halogens is 1. The Kier molecular flexibility index (Phi) is 5.30. The molecule has 1 fully saturated rings. The highest BCUT2D eigenvalue weighted by Crippen LogP contribution is 2.30. The van der Waals surface area contributed by atoms with Gasteiger partial charge < -0.3 is 11.1 Å². The van der Waals surface area contributed by atoms with E-state index in [1.54, 1.807) is 18.2 Å². The van der Waals surface area contributed by atoms with E-state index in [1.165, 1.54) is 25.7 Å². The van der Waals surface area contributed by atoms with Crippen LogP contribution >= 0.6 is 11.6 Å². The molecule has 0 unspecified atom stereocenters. The zero-order valence-electron chi connectivity index (χ0n) is 12.0. The molecule has 0 aromatic heterocycles. The lowest BCUT2D eigenvalue weighted by Gasteiger charge is -2.26. The number of amides is 1. The van der Waals surface area contributed by atoms with E-state index in [2.05, 4.69) is 12.2 Å². The van der Waals surface area contributed by atoms with Crippen LogP contribution in [0, 0.1) is 11.8 Å². The van der Waals surface area contributed by atoms with Gasteiger partial charge in [-0.3, -0.25) is 4.79 Å². The first-order valence-corrected chi connectivity index (χ1v) is 7.78. The summed E-state index contributed by atoms with van der Waals surface area (Å²) in [5.41, 5.74) is 6.61. The number of nitrogen functional groups attached to an aromatic ring is 1. The van der Waals surface area contributed by atoms with Gasteiger partial charge in [0.05, 0.1) is 16.3 Å². The first-order valence-electron chi connectivity index (χ1n) is 7.40. The summed E-state index contributed by atoms with van der Waals surface area (Å²) in [5, 5.41) is 3.29. The van der Waals surface area contributed by atoms with Crippen molar-refractivity contribution in [1.82, 2.24) is 5.32 Å². The Hall–Kier alpha value is -1.22. The van der Waals surface area contributed by atoms with Crippen molar-refractivity contribution in [2.24, 2.45) is 11.8 Å². The molecule has 110 valence electrons. The van der Waals surface area contributed by atoms with E-state index >= 15 is 0 Å². The molecule has 20 heavy (non-hydrogen) atoms. The first kappa shape index (κ1) is 15.2. The van der Waals surface area contributed by atoms with Crippen LogP contribution in [0.15, 0.2) is 18.2 Å². The Labute approximate surface area is 125 Å². The van der Waals surface area contributed by atoms with E-state index in [1.807, 2.05) is 0 Å². The zero-order chi connectivity index (χ0) is 14.5. The van der Waals surface area contributed by atoms with E-state index in [-0.39, 0.29) is 5.91 Å². The molecule has 3 N–H and O–H groups in total. The van der Waals surface area contributed by atoms with Crippen molar-refractivity contribution in [3.63, 3.8) is 0 Å². The normalized spacial score (nSPS) is 22.5. The highest BCUT2D eigenvalue weighted by atomic mass is 35.5. The Balaban J connectivity index is 1.79. The van der Waals surface area contributed by atoms with Crippen LogP contribution < -0.4 is 11.1 Å². The average molecular weight is 295 g/mol. The maximum absolute atomic E-state index is 12.1. The number of benzene rings is 1. The molecule has 1 amide bonds. The van der Waals surface area contributed by atoms with Crippen LogP contribution in [-0.2, 0) is 0 Å². The molecule has 1 aliphatic carbocycles. The maximum atomic E-state index is 12.1. The van der Waals surface area contributed by atoms with Crippen molar-refractivity contribution >= 4 is 23.2 Å². The fraction of sp³-hybridized carbons (Fsp3) is 0.562. The molecule has 0 radical (unpaired) electrons. The summed E-state index contributed by atoms with van der Waals surface area (Å²) in [6.07, 6.45) is 6.27. The molecule has 0 spiro atoms. The van der Waals surface area contributed by atoms with Gasteiger partial charge in [-0.2, -0.15) is 0 Å². The largest absolute Gasteiger partial charge is 0.398 e. The van der Waals surface area contributed by atoms with Crippen LogP contribution in [-0.4, -0.2) is 12.5 Å². The molecule has 4 heteroatoms. The van der Waals surface area contributed by atoms with Gasteiger partial charge in [-0.1, -0.05) is 50.3 Å². The summed E-state index contributed by atoms with van der Waals surface area (Å²) in [6.45, 7) is 3.03. The second-order valence-corrected chi connectivity index (χ2v) is 6.26. The summed E-state index contributed by atoms with van der Waals surface area (Å²) in [7, 11) is 0. The number of carbonyl (C=O) groups is 1. The number of nitrogens with two attached hydrogens (primary N) is 1. The first-order chi connectivity index (χ1) is 9.58. The minimum atomic E-state index is -0.133. The highest BCUT2D eigenvalue weighted by Gasteiger charge is 2.18. The second kappa shape index (κ2) is 6.98. The number of hydrogen-bond donors (Lipinski definition) is 2. The molecule has 0 heterocycles. The molecular weight excluding hydrogens is 272 g/mol. The number of hydrogen-bond acceptors (Lipinski definition) is 2. The van der Waals surface area contributed by atoms with Gasteiger partial charge >= 0.3 is 0 Å². The third-order valence-electron chi connectivity index (χ3n) is 4.25. The summed E-state index contributed by atoms with van der Waals surface area (Å²) < 4.78 is 0. The van der Waals surface area contributed by atoms with Gasteiger partial charge in [0, 0.05) is 6.54 Å². The Morgan fingerprint density at radius 3 is 2.75 bits per heavy atom. The maximum Gasteiger partial charge on any atom is 0.252 e. The Bertz CT molecular complexity index is 468. The van der Waals surface area contributed by atoms with Gasteiger partial charge in [-0.25, -0.2) is 0 Å². The number of rotatable bonds is 4. The predicted octanol–water partition coefficient (Wildman–Crippen LogP) is 3.87. The molecule has 3 nitrogen and oxygen atoms in total. The van der Waals surface area contributed by atoms with Gasteiger partial charge in [-0.05, 0) is 30.4 Å². The van der Waals surface area contributed by atoms with Gasteiger partial charge in [-0.15, -0.1) is 0 Å². The number of nitrogens with one attached hydrogen (secondary N) is 1. The van der Waals surface area contributed by atoms with Crippen LogP contribution in [0.3, 0.4) is 0 Å². The summed E-state index contributed by atoms with van der Waals surface area (Å²) in [5.74, 6) is 1.49. The number of carbonyl (C=O) groups excluding carboxylic acids is 1. The van der Waals surface area contributed by atoms with Gasteiger partial charge in [0.1, 0.15) is 0 Å². The lowest BCUT2D eigenvalue weighted by Crippen LogP contribution is -2.27. The van der Waals surface area contributed by atoms with Gasteiger partial charge in [0.2, 0.25) is 0 Å². The third kappa shape index (κ3) is 3.89. The Morgan fingerprint density at radius 2 is 2.05 bits per heavy atom. The van der Waals surface area contributed by atoms with Crippen LogP contribution in [0.1, 0.15) is 49.4 Å². The van der Waals surface area contributed by atoms with Crippen molar-refractivity contribution in [3.05, 3.63) is 28.8 Å². The van der Waals surface area contributed by atoms with Crippen LogP contribution in [0.5, 0.6) is 0 Å². The predicted molar refractivity (Wildman–Crippen MR) is 83.9 cm³/mol. The molecule has 1 aromatic carbocycles. The summed E-state index contributed by atoms with van der Waals surface area (Å²) in [4.78, 5) is 12.1. The van der Waals surface area contributed by atoms with Crippen molar-refractivity contribution in [2.45, 2.75) is 39.0 Å². The van der Waals surface area contributed by atoms with Gasteiger partial charge in [0.25, 0.3) is 5.91 Å². The molecule has 1 saturated carbocycles. The zero-order valence-corrected chi connectivity index (χ0v) is 12.7. The quantitative estimate of drug-likeness (QED) is 0.828. The van der Waals surface area contributed by atoms with E-state index in [0.717, 1.165) is 18.3 Å². The van der Waals surface area contributed by atoms with Crippen LogP contribution in [0.25, 0.3) is 0 Å². The van der Waals surface area contributed by atoms with Gasteiger partial charge in [0.15, 0.2) is 0 Å². The fourth-order valence-corrected chi connectivity index (χ4v) is 3.04. The Morgan fingerprint density at radius 1 is 1.35 bits per heavy atom. The average Bonchev–Trinajstić information content (AvgIpc) is 2.44. The molecule has 1 aliphatic rings. The van der Waals surface area contributed by atoms with Crippen molar-refractivity contribution in [1.29, 1.82) is 0 Å². The third-order valence-corrected chi connectivity index (χ3v) is 4.67. The fourth-order valence-electron chi connectivity index (χ4n) is 2.83. The lowest BCUT2D eigenvalue weighted by molar-refractivity contribution is 0.0950.